The van der Waals surface area contributed by atoms with Crippen molar-refractivity contribution in [1.82, 2.24) is 29.6 Å². The Labute approximate surface area is 254 Å². The molecule has 232 valence electrons. The summed E-state index contributed by atoms with van der Waals surface area (Å²) in [4.78, 5) is 43.0. The van der Waals surface area contributed by atoms with E-state index in [1.54, 1.807) is 17.0 Å². The smallest absolute Gasteiger partial charge is 0.410 e. The summed E-state index contributed by atoms with van der Waals surface area (Å²) in [7, 11) is 3.65. The summed E-state index contributed by atoms with van der Waals surface area (Å²) in [6.07, 6.45) is -0.449. The highest BCUT2D eigenvalue weighted by Crippen LogP contribution is 2.26. The maximum atomic E-state index is 13.6. The number of carbonyl (C=O) groups is 3. The molecule has 3 amide bonds. The van der Waals surface area contributed by atoms with Crippen LogP contribution in [0.5, 0.6) is 0 Å². The quantitative estimate of drug-likeness (QED) is 0.379. The Balaban J connectivity index is 1.47. The van der Waals surface area contributed by atoms with Crippen LogP contribution in [0.25, 0.3) is 10.9 Å². The Kier molecular flexibility index (Phi) is 9.64. The zero-order valence-corrected chi connectivity index (χ0v) is 26.7. The number of fused-ring (bicyclic) bond motifs is 2. The summed E-state index contributed by atoms with van der Waals surface area (Å²) >= 11 is 0. The minimum atomic E-state index is -0.637. The Morgan fingerprint density at radius 3 is 2.23 bits per heavy atom. The van der Waals surface area contributed by atoms with Crippen molar-refractivity contribution < 1.29 is 19.1 Å². The van der Waals surface area contributed by atoms with Crippen LogP contribution < -0.4 is 5.32 Å². The van der Waals surface area contributed by atoms with Crippen LogP contribution in [0.4, 0.5) is 10.5 Å². The van der Waals surface area contributed by atoms with E-state index in [1.807, 2.05) is 82.5 Å². The van der Waals surface area contributed by atoms with Crippen molar-refractivity contribution in [3.8, 4) is 0 Å². The van der Waals surface area contributed by atoms with Gasteiger partial charge in [-0.05, 0) is 70.4 Å². The van der Waals surface area contributed by atoms with Gasteiger partial charge in [-0.1, -0.05) is 24.3 Å². The summed E-state index contributed by atoms with van der Waals surface area (Å²) in [6.45, 7) is 13.2. The minimum absolute atomic E-state index is 0.00360. The molecule has 0 spiro atoms. The molecule has 2 heterocycles. The average molecular weight is 592 g/mol. The zero-order chi connectivity index (χ0) is 31.5. The lowest BCUT2D eigenvalue weighted by Crippen LogP contribution is -2.50. The molecule has 2 aromatic carbocycles. The summed E-state index contributed by atoms with van der Waals surface area (Å²) in [5, 5.41) is 12.4. The number of aromatic nitrogens is 2. The molecule has 1 aliphatic rings. The number of amides is 3. The number of benzene rings is 2. The first-order valence-corrected chi connectivity index (χ1v) is 14.8. The second-order valence-corrected chi connectivity index (χ2v) is 12.1. The van der Waals surface area contributed by atoms with Gasteiger partial charge in [0.1, 0.15) is 12.1 Å². The van der Waals surface area contributed by atoms with Crippen molar-refractivity contribution in [3.63, 3.8) is 0 Å². The van der Waals surface area contributed by atoms with E-state index in [2.05, 4.69) is 22.5 Å². The molecule has 0 bridgehead atoms. The van der Waals surface area contributed by atoms with Gasteiger partial charge in [0.05, 0.1) is 17.8 Å². The van der Waals surface area contributed by atoms with Crippen molar-refractivity contribution in [2.75, 3.05) is 45.1 Å². The van der Waals surface area contributed by atoms with E-state index in [-0.39, 0.29) is 38.0 Å². The Morgan fingerprint density at radius 2 is 1.63 bits per heavy atom. The average Bonchev–Trinajstić information content (AvgIpc) is 3.49. The third-order valence-corrected chi connectivity index (χ3v) is 7.77. The molecule has 0 saturated heterocycles. The van der Waals surface area contributed by atoms with Crippen molar-refractivity contribution in [2.24, 2.45) is 7.05 Å². The van der Waals surface area contributed by atoms with E-state index in [0.29, 0.717) is 19.6 Å². The molecule has 0 unspecified atom stereocenters. The lowest BCUT2D eigenvalue weighted by molar-refractivity contribution is -0.151. The first kappa shape index (κ1) is 31.8. The molecule has 4 rings (SSSR count). The third kappa shape index (κ3) is 7.64. The second-order valence-electron chi connectivity index (χ2n) is 12.1. The van der Waals surface area contributed by atoms with E-state index in [9.17, 15) is 14.4 Å². The van der Waals surface area contributed by atoms with Gasteiger partial charge in [-0.25, -0.2) is 9.80 Å². The van der Waals surface area contributed by atoms with Gasteiger partial charge in [-0.2, -0.15) is 5.10 Å². The Morgan fingerprint density at radius 1 is 1.00 bits per heavy atom. The molecule has 43 heavy (non-hydrogen) atoms. The van der Waals surface area contributed by atoms with Crippen LogP contribution in [0.3, 0.4) is 0 Å². The number of nitrogens with zero attached hydrogens (tertiary/aromatic N) is 6. The Hall–Kier alpha value is -4.12. The SMILES string of the molecule is CCN(CCN(CC(=O)N(C)N1Cc2ccccc2C1)C(=O)CNc1cc2c(C)nn(C)c2cc1C)C(=O)OC(C)(C)C. The van der Waals surface area contributed by atoms with Crippen molar-refractivity contribution >= 4 is 34.5 Å². The van der Waals surface area contributed by atoms with Crippen LogP contribution in [0, 0.1) is 13.8 Å². The molecular weight excluding hydrogens is 546 g/mol. The minimum Gasteiger partial charge on any atom is -0.444 e. The fourth-order valence-electron chi connectivity index (χ4n) is 5.25. The van der Waals surface area contributed by atoms with Crippen LogP contribution in [-0.2, 0) is 34.5 Å². The number of hydrogen-bond donors (Lipinski definition) is 1. The largest absolute Gasteiger partial charge is 0.444 e. The highest BCUT2D eigenvalue weighted by Gasteiger charge is 2.28. The lowest BCUT2D eigenvalue weighted by Gasteiger charge is -2.32. The molecule has 1 N–H and O–H groups in total. The van der Waals surface area contributed by atoms with Crippen molar-refractivity contribution in [2.45, 2.75) is 60.2 Å². The second kappa shape index (κ2) is 13.0. The van der Waals surface area contributed by atoms with Gasteiger partial charge in [0, 0.05) is 57.9 Å². The summed E-state index contributed by atoms with van der Waals surface area (Å²) in [5.74, 6) is -0.445. The maximum Gasteiger partial charge on any atom is 0.410 e. The summed E-state index contributed by atoms with van der Waals surface area (Å²) < 4.78 is 7.40. The predicted octanol–water partition coefficient (Wildman–Crippen LogP) is 4.08. The third-order valence-electron chi connectivity index (χ3n) is 7.77. The Bertz CT molecular complexity index is 1470. The van der Waals surface area contributed by atoms with Crippen LogP contribution >= 0.6 is 0 Å². The summed E-state index contributed by atoms with van der Waals surface area (Å²) in [5.41, 5.74) is 5.49. The predicted molar refractivity (Wildman–Crippen MR) is 167 cm³/mol. The van der Waals surface area contributed by atoms with Gasteiger partial charge in [0.25, 0.3) is 5.91 Å². The molecule has 0 atom stereocenters. The van der Waals surface area contributed by atoms with Gasteiger partial charge in [-0.3, -0.25) is 19.3 Å². The molecule has 3 aromatic rings. The van der Waals surface area contributed by atoms with Crippen LogP contribution in [0.1, 0.15) is 50.1 Å². The molecule has 0 fully saturated rings. The molecule has 11 heteroatoms. The van der Waals surface area contributed by atoms with Crippen LogP contribution in [0.2, 0.25) is 0 Å². The van der Waals surface area contributed by atoms with Crippen molar-refractivity contribution in [3.05, 3.63) is 58.8 Å². The lowest BCUT2D eigenvalue weighted by atomic mass is 10.1. The van der Waals surface area contributed by atoms with E-state index >= 15 is 0 Å². The number of likely N-dealkylation sites (N-methyl/N-ethyl adjacent to an activating group) is 2. The fourth-order valence-corrected chi connectivity index (χ4v) is 5.25. The van der Waals surface area contributed by atoms with Crippen LogP contribution in [-0.4, -0.2) is 92.9 Å². The standard InChI is InChI=1S/C32H45N7O4/c1-9-37(31(42)43-32(4,5)6)14-15-38(21-30(41)36(8)39-19-24-12-10-11-13-25(24)20-39)29(40)18-33-27-17-26-23(3)34-35(7)28(26)16-22(27)2/h10-13,16-17,33H,9,14-15,18-21H2,1-8H3. The number of nitrogens with one attached hydrogen (secondary N) is 1. The van der Waals surface area contributed by atoms with Gasteiger partial charge in [0.2, 0.25) is 5.91 Å². The molecule has 11 nitrogen and oxygen atoms in total. The first-order valence-electron chi connectivity index (χ1n) is 14.8. The molecule has 1 aliphatic heterocycles. The van der Waals surface area contributed by atoms with E-state index in [0.717, 1.165) is 27.8 Å². The number of aryl methyl sites for hydroxylation is 3. The fraction of sp³-hybridized carbons (Fsp3) is 0.500. The number of carbonyl (C=O) groups excluding carboxylic acids is 3. The van der Waals surface area contributed by atoms with E-state index in [1.165, 1.54) is 16.0 Å². The molecule has 0 aliphatic carbocycles. The van der Waals surface area contributed by atoms with Crippen LogP contribution in [0.15, 0.2) is 36.4 Å². The first-order chi connectivity index (χ1) is 20.3. The maximum absolute atomic E-state index is 13.6. The molecule has 0 saturated carbocycles. The van der Waals surface area contributed by atoms with Gasteiger partial charge < -0.3 is 19.9 Å². The monoisotopic (exact) mass is 591 g/mol. The van der Waals surface area contributed by atoms with E-state index < -0.39 is 11.7 Å². The number of anilines is 1. The number of hydrogen-bond acceptors (Lipinski definition) is 7. The van der Waals surface area contributed by atoms with Gasteiger partial charge >= 0.3 is 6.09 Å². The van der Waals surface area contributed by atoms with Gasteiger partial charge in [0.15, 0.2) is 0 Å². The highest BCUT2D eigenvalue weighted by molar-refractivity contribution is 5.89. The molecule has 1 aromatic heterocycles. The number of hydrazine groups is 1. The van der Waals surface area contributed by atoms with Gasteiger partial charge in [-0.15, -0.1) is 0 Å². The number of rotatable bonds is 10. The molecule has 0 radical (unpaired) electrons. The topological polar surface area (TPSA) is 103 Å². The normalized spacial score (nSPS) is 13.1. The summed E-state index contributed by atoms with van der Waals surface area (Å²) in [6, 6.07) is 12.2. The van der Waals surface area contributed by atoms with E-state index in [4.69, 9.17) is 4.74 Å². The number of ether oxygens (including phenoxy) is 1. The molecular formula is C32H45N7O4. The highest BCUT2D eigenvalue weighted by atomic mass is 16.6. The van der Waals surface area contributed by atoms with Crippen molar-refractivity contribution in [1.29, 1.82) is 0 Å². The zero-order valence-electron chi connectivity index (χ0n) is 26.7.